The number of carbonyl (C=O) groups is 2. The average Bonchev–Trinajstić information content (AvgIpc) is 2.84. The number of nitrogens with zero attached hydrogens (tertiary/aromatic N) is 2. The Kier molecular flexibility index (Phi) is 4.92. The number of hydrogen-bond acceptors (Lipinski definition) is 5. The average molecular weight is 323 g/mol. The summed E-state index contributed by atoms with van der Waals surface area (Å²) in [6, 6.07) is -1.00. The summed E-state index contributed by atoms with van der Waals surface area (Å²) in [5, 5.41) is 11.5. The molecule has 2 aromatic rings. The first kappa shape index (κ1) is 16.2. The minimum atomic E-state index is -1.11. The lowest BCUT2D eigenvalue weighted by molar-refractivity contribution is -0.139. The van der Waals surface area contributed by atoms with E-state index in [4.69, 9.17) is 5.11 Å². The van der Waals surface area contributed by atoms with Crippen molar-refractivity contribution in [2.24, 2.45) is 0 Å². The number of aliphatic carboxylic acids is 1. The van der Waals surface area contributed by atoms with Crippen molar-refractivity contribution < 1.29 is 14.7 Å². The largest absolute Gasteiger partial charge is 0.480 e. The van der Waals surface area contributed by atoms with Crippen LogP contribution in [0.3, 0.4) is 0 Å². The number of carboxylic acids is 1. The summed E-state index contributed by atoms with van der Waals surface area (Å²) in [4.78, 5) is 41.1. The van der Waals surface area contributed by atoms with Gasteiger partial charge in [0.15, 0.2) is 4.96 Å². The van der Waals surface area contributed by atoms with Crippen molar-refractivity contribution in [3.63, 3.8) is 0 Å². The van der Waals surface area contributed by atoms with Gasteiger partial charge in [-0.05, 0) is 13.3 Å². The molecule has 0 saturated heterocycles. The lowest BCUT2D eigenvalue weighted by Gasteiger charge is -2.13. The maximum Gasteiger partial charge on any atom is 0.326 e. The molecular formula is C14H17N3O4S. The first-order chi connectivity index (χ1) is 10.4. The van der Waals surface area contributed by atoms with E-state index in [1.54, 1.807) is 6.20 Å². The normalized spacial score (nSPS) is 12.3. The summed E-state index contributed by atoms with van der Waals surface area (Å²) in [6.45, 7) is 3.77. The third-order valence-electron chi connectivity index (χ3n) is 3.22. The Balaban J connectivity index is 2.27. The van der Waals surface area contributed by atoms with Gasteiger partial charge in [0.2, 0.25) is 0 Å². The molecule has 1 atom stereocenters. The van der Waals surface area contributed by atoms with Crippen molar-refractivity contribution in [1.29, 1.82) is 0 Å². The molecule has 0 aliphatic rings. The van der Waals surface area contributed by atoms with Crippen LogP contribution in [0.2, 0.25) is 0 Å². The van der Waals surface area contributed by atoms with E-state index in [1.807, 2.05) is 13.8 Å². The number of fused-ring (bicyclic) bond motifs is 1. The van der Waals surface area contributed by atoms with Crippen molar-refractivity contribution in [2.75, 3.05) is 0 Å². The van der Waals surface area contributed by atoms with E-state index in [0.29, 0.717) is 17.8 Å². The maximum atomic E-state index is 12.3. The van der Waals surface area contributed by atoms with Gasteiger partial charge in [-0.25, -0.2) is 9.78 Å². The minimum Gasteiger partial charge on any atom is -0.480 e. The quantitative estimate of drug-likeness (QED) is 0.837. The molecule has 2 heterocycles. The highest BCUT2D eigenvalue weighted by molar-refractivity contribution is 7.16. The second-order valence-electron chi connectivity index (χ2n) is 4.98. The molecule has 22 heavy (non-hydrogen) atoms. The first-order valence-electron chi connectivity index (χ1n) is 6.95. The van der Waals surface area contributed by atoms with Gasteiger partial charge in [-0.1, -0.05) is 19.8 Å². The number of hydrogen-bond donors (Lipinski definition) is 2. The number of aryl methyl sites for hydroxylation is 1. The number of thiazole rings is 1. The highest BCUT2D eigenvalue weighted by Crippen LogP contribution is 2.12. The fourth-order valence-corrected chi connectivity index (χ4v) is 2.84. The summed E-state index contributed by atoms with van der Waals surface area (Å²) < 4.78 is 1.30. The Morgan fingerprint density at radius 2 is 2.23 bits per heavy atom. The van der Waals surface area contributed by atoms with Crippen LogP contribution in [0.15, 0.2) is 17.2 Å². The zero-order valence-corrected chi connectivity index (χ0v) is 13.1. The van der Waals surface area contributed by atoms with Crippen LogP contribution in [0.5, 0.6) is 0 Å². The molecule has 0 aromatic carbocycles. The summed E-state index contributed by atoms with van der Waals surface area (Å²) in [5.74, 6) is -1.82. The standard InChI is InChI=1S/C14H17N3O4S/c1-3-4-5-10(13(20)21)16-11(18)9-6-15-14-17(12(9)19)7-8(2)22-14/h6-7,10H,3-5H2,1-2H3,(H,16,18)(H,20,21). The summed E-state index contributed by atoms with van der Waals surface area (Å²) in [6.07, 6.45) is 4.63. The van der Waals surface area contributed by atoms with E-state index in [9.17, 15) is 14.4 Å². The number of rotatable bonds is 6. The predicted molar refractivity (Wildman–Crippen MR) is 82.5 cm³/mol. The molecule has 2 aromatic heterocycles. The lowest BCUT2D eigenvalue weighted by atomic mass is 10.1. The highest BCUT2D eigenvalue weighted by atomic mass is 32.1. The van der Waals surface area contributed by atoms with Gasteiger partial charge >= 0.3 is 5.97 Å². The Labute approximate surface area is 130 Å². The van der Waals surface area contributed by atoms with Crippen molar-refractivity contribution >= 4 is 28.2 Å². The second-order valence-corrected chi connectivity index (χ2v) is 6.19. The van der Waals surface area contributed by atoms with Gasteiger partial charge in [-0.2, -0.15) is 0 Å². The Morgan fingerprint density at radius 1 is 1.50 bits per heavy atom. The van der Waals surface area contributed by atoms with Crippen LogP contribution in [0.4, 0.5) is 0 Å². The third-order valence-corrected chi connectivity index (χ3v) is 4.13. The molecule has 2 rings (SSSR count). The molecular weight excluding hydrogens is 306 g/mol. The topological polar surface area (TPSA) is 101 Å². The highest BCUT2D eigenvalue weighted by Gasteiger charge is 2.22. The van der Waals surface area contributed by atoms with Crippen molar-refractivity contribution in [2.45, 2.75) is 39.2 Å². The van der Waals surface area contributed by atoms with Gasteiger partial charge in [0.05, 0.1) is 0 Å². The minimum absolute atomic E-state index is 0.155. The van der Waals surface area contributed by atoms with Gasteiger partial charge < -0.3 is 10.4 Å². The van der Waals surface area contributed by atoms with Gasteiger partial charge in [0.1, 0.15) is 11.6 Å². The molecule has 0 spiro atoms. The van der Waals surface area contributed by atoms with E-state index in [-0.39, 0.29) is 5.56 Å². The van der Waals surface area contributed by atoms with Crippen LogP contribution in [0, 0.1) is 6.92 Å². The number of unbranched alkanes of at least 4 members (excludes halogenated alkanes) is 1. The van der Waals surface area contributed by atoms with E-state index in [1.165, 1.54) is 21.9 Å². The smallest absolute Gasteiger partial charge is 0.326 e. The van der Waals surface area contributed by atoms with E-state index in [2.05, 4.69) is 10.3 Å². The van der Waals surface area contributed by atoms with Crippen LogP contribution in [0.25, 0.3) is 4.96 Å². The zero-order valence-electron chi connectivity index (χ0n) is 12.3. The van der Waals surface area contributed by atoms with Gasteiger partial charge in [0, 0.05) is 17.3 Å². The molecule has 1 amide bonds. The Bertz CT molecular complexity index is 765. The van der Waals surface area contributed by atoms with Gasteiger partial charge in [-0.3, -0.25) is 14.0 Å². The zero-order chi connectivity index (χ0) is 16.3. The first-order valence-corrected chi connectivity index (χ1v) is 7.77. The van der Waals surface area contributed by atoms with Crippen LogP contribution >= 0.6 is 11.3 Å². The van der Waals surface area contributed by atoms with E-state index < -0.39 is 23.5 Å². The molecule has 0 fully saturated rings. The Morgan fingerprint density at radius 3 is 2.86 bits per heavy atom. The number of amides is 1. The monoisotopic (exact) mass is 323 g/mol. The number of carbonyl (C=O) groups excluding carboxylic acids is 1. The second kappa shape index (κ2) is 6.69. The van der Waals surface area contributed by atoms with Gasteiger partial charge in [-0.15, -0.1) is 11.3 Å². The molecule has 7 nitrogen and oxygen atoms in total. The van der Waals surface area contributed by atoms with Crippen LogP contribution in [-0.4, -0.2) is 32.4 Å². The fraction of sp³-hybridized carbons (Fsp3) is 0.429. The number of aromatic nitrogens is 2. The predicted octanol–water partition coefficient (Wildman–Crippen LogP) is 1.44. The molecule has 118 valence electrons. The lowest BCUT2D eigenvalue weighted by Crippen LogP contribution is -2.42. The fourth-order valence-electron chi connectivity index (χ4n) is 2.05. The summed E-state index contributed by atoms with van der Waals surface area (Å²) >= 11 is 1.34. The van der Waals surface area contributed by atoms with Crippen LogP contribution in [-0.2, 0) is 4.79 Å². The van der Waals surface area contributed by atoms with Gasteiger partial charge in [0.25, 0.3) is 11.5 Å². The van der Waals surface area contributed by atoms with E-state index >= 15 is 0 Å². The summed E-state index contributed by atoms with van der Waals surface area (Å²) in [7, 11) is 0. The number of carboxylic acid groups (broad SMARTS) is 1. The summed E-state index contributed by atoms with van der Waals surface area (Å²) in [5.41, 5.74) is -0.649. The van der Waals surface area contributed by atoms with Crippen molar-refractivity contribution in [3.8, 4) is 0 Å². The number of nitrogens with one attached hydrogen (secondary N) is 1. The molecule has 2 N–H and O–H groups in total. The molecule has 8 heteroatoms. The third kappa shape index (κ3) is 3.33. The molecule has 0 radical (unpaired) electrons. The van der Waals surface area contributed by atoms with E-state index in [0.717, 1.165) is 11.3 Å². The van der Waals surface area contributed by atoms with Crippen molar-refractivity contribution in [3.05, 3.63) is 33.2 Å². The molecule has 0 aliphatic carbocycles. The van der Waals surface area contributed by atoms with Crippen LogP contribution in [0.1, 0.15) is 41.4 Å². The van der Waals surface area contributed by atoms with Crippen LogP contribution < -0.4 is 10.9 Å². The molecule has 0 aliphatic heterocycles. The molecule has 0 bridgehead atoms. The maximum absolute atomic E-state index is 12.3. The molecule has 0 saturated carbocycles. The molecule has 1 unspecified atom stereocenters. The Hall–Kier alpha value is -2.22. The SMILES string of the molecule is CCCCC(NC(=O)c1cnc2sc(C)cn2c1=O)C(=O)O. The van der Waals surface area contributed by atoms with Crippen molar-refractivity contribution in [1.82, 2.24) is 14.7 Å².